The first-order valence-electron chi connectivity index (χ1n) is 3.44. The van der Waals surface area contributed by atoms with Gasteiger partial charge in [-0.1, -0.05) is 0 Å². The van der Waals surface area contributed by atoms with Crippen LogP contribution in [0.5, 0.6) is 0 Å². The molecule has 10 heavy (non-hydrogen) atoms. The molecule has 0 unspecified atom stereocenters. The van der Waals surface area contributed by atoms with Crippen LogP contribution in [-0.4, -0.2) is 4.98 Å². The van der Waals surface area contributed by atoms with Gasteiger partial charge in [-0.05, 0) is 34.7 Å². The fourth-order valence-electron chi connectivity index (χ4n) is 0.951. The molecule has 0 bridgehead atoms. The molecule has 1 aromatic rings. The van der Waals surface area contributed by atoms with Crippen LogP contribution in [0.3, 0.4) is 0 Å². The summed E-state index contributed by atoms with van der Waals surface area (Å²) in [6.45, 7) is 0. The molecule has 0 aromatic carbocycles. The summed E-state index contributed by atoms with van der Waals surface area (Å²) in [5, 5.41) is 3.34. The van der Waals surface area contributed by atoms with Crippen molar-refractivity contribution in [2.24, 2.45) is 5.92 Å². The van der Waals surface area contributed by atoms with Crippen molar-refractivity contribution in [3.05, 3.63) is 15.0 Å². The first-order valence-corrected chi connectivity index (χ1v) is 5.12. The standard InChI is InChI=1S/C7H8BrNS/c8-6-4-10-7(9-6)3-5-1-2-5/h4-5H,1-3H2. The minimum absolute atomic E-state index is 0.957. The summed E-state index contributed by atoms with van der Waals surface area (Å²) in [6.07, 6.45) is 4.03. The second-order valence-corrected chi connectivity index (χ2v) is 4.47. The molecular formula is C7H8BrNS. The van der Waals surface area contributed by atoms with Gasteiger partial charge in [-0.25, -0.2) is 4.98 Å². The second kappa shape index (κ2) is 2.62. The van der Waals surface area contributed by atoms with Crippen LogP contribution >= 0.6 is 27.3 Å². The molecule has 54 valence electrons. The number of rotatable bonds is 2. The largest absolute Gasteiger partial charge is 0.234 e. The van der Waals surface area contributed by atoms with Gasteiger partial charge in [-0.15, -0.1) is 11.3 Å². The Morgan fingerprint density at radius 1 is 1.70 bits per heavy atom. The maximum atomic E-state index is 4.33. The third-order valence-corrected chi connectivity index (χ3v) is 3.26. The van der Waals surface area contributed by atoms with Gasteiger partial charge in [-0.2, -0.15) is 0 Å². The Hall–Kier alpha value is 0.110. The molecule has 0 radical (unpaired) electrons. The minimum atomic E-state index is 0.957. The van der Waals surface area contributed by atoms with Crippen molar-refractivity contribution in [1.29, 1.82) is 0 Å². The highest BCUT2D eigenvalue weighted by atomic mass is 79.9. The predicted molar refractivity (Wildman–Crippen MR) is 46.2 cm³/mol. The Kier molecular flexibility index (Phi) is 1.78. The van der Waals surface area contributed by atoms with Crippen molar-refractivity contribution >= 4 is 27.3 Å². The van der Waals surface area contributed by atoms with Crippen LogP contribution in [0.15, 0.2) is 9.98 Å². The van der Waals surface area contributed by atoms with Gasteiger partial charge in [0.2, 0.25) is 0 Å². The summed E-state index contributed by atoms with van der Waals surface area (Å²) in [6, 6.07) is 0. The Labute approximate surface area is 72.6 Å². The van der Waals surface area contributed by atoms with Gasteiger partial charge >= 0.3 is 0 Å². The van der Waals surface area contributed by atoms with Crippen LogP contribution in [0.1, 0.15) is 17.8 Å². The lowest BCUT2D eigenvalue weighted by Crippen LogP contribution is -1.83. The van der Waals surface area contributed by atoms with Gasteiger partial charge in [0.1, 0.15) is 4.60 Å². The number of thiazole rings is 1. The number of halogens is 1. The predicted octanol–water partition coefficient (Wildman–Crippen LogP) is 2.86. The van der Waals surface area contributed by atoms with E-state index in [0.29, 0.717) is 0 Å². The number of hydrogen-bond acceptors (Lipinski definition) is 2. The Balaban J connectivity index is 2.03. The zero-order valence-corrected chi connectivity index (χ0v) is 7.91. The van der Waals surface area contributed by atoms with Crippen molar-refractivity contribution in [2.75, 3.05) is 0 Å². The molecule has 1 saturated carbocycles. The summed E-state index contributed by atoms with van der Waals surface area (Å²) in [7, 11) is 0. The van der Waals surface area contributed by atoms with Crippen LogP contribution in [0.4, 0.5) is 0 Å². The van der Waals surface area contributed by atoms with E-state index in [2.05, 4.69) is 26.3 Å². The van der Waals surface area contributed by atoms with Crippen molar-refractivity contribution in [2.45, 2.75) is 19.3 Å². The fourth-order valence-corrected chi connectivity index (χ4v) is 2.33. The molecule has 1 aliphatic carbocycles. The second-order valence-electron chi connectivity index (χ2n) is 2.71. The quantitative estimate of drug-likeness (QED) is 0.743. The van der Waals surface area contributed by atoms with E-state index in [-0.39, 0.29) is 0 Å². The van der Waals surface area contributed by atoms with Gasteiger partial charge in [0.05, 0.1) is 5.01 Å². The SMILES string of the molecule is Brc1csc(CC2CC2)n1. The molecule has 1 heterocycles. The molecule has 0 amide bonds. The molecule has 2 rings (SSSR count). The highest BCUT2D eigenvalue weighted by molar-refractivity contribution is 9.10. The summed E-state index contributed by atoms with van der Waals surface area (Å²) >= 11 is 5.10. The minimum Gasteiger partial charge on any atom is -0.234 e. The molecule has 0 saturated heterocycles. The van der Waals surface area contributed by atoms with Crippen molar-refractivity contribution in [1.82, 2.24) is 4.98 Å². The van der Waals surface area contributed by atoms with E-state index in [1.54, 1.807) is 11.3 Å². The van der Waals surface area contributed by atoms with Crippen LogP contribution in [0, 0.1) is 5.92 Å². The average molecular weight is 218 g/mol. The van der Waals surface area contributed by atoms with E-state index >= 15 is 0 Å². The summed E-state index contributed by atoms with van der Waals surface area (Å²) in [5.74, 6) is 0.957. The topological polar surface area (TPSA) is 12.9 Å². The smallest absolute Gasteiger partial charge is 0.117 e. The third-order valence-electron chi connectivity index (χ3n) is 1.68. The lowest BCUT2D eigenvalue weighted by atomic mass is 10.3. The van der Waals surface area contributed by atoms with Gasteiger partial charge < -0.3 is 0 Å². The highest BCUT2D eigenvalue weighted by Crippen LogP contribution is 2.33. The first kappa shape index (κ1) is 6.80. The van der Waals surface area contributed by atoms with Gasteiger partial charge in [0.15, 0.2) is 0 Å². The van der Waals surface area contributed by atoms with Crippen molar-refractivity contribution in [3.8, 4) is 0 Å². The van der Waals surface area contributed by atoms with E-state index in [1.807, 2.05) is 0 Å². The van der Waals surface area contributed by atoms with Gasteiger partial charge in [0.25, 0.3) is 0 Å². The zero-order chi connectivity index (χ0) is 6.97. The van der Waals surface area contributed by atoms with E-state index in [0.717, 1.165) is 10.5 Å². The molecule has 1 aliphatic rings. The maximum absolute atomic E-state index is 4.33. The van der Waals surface area contributed by atoms with E-state index in [9.17, 15) is 0 Å². The molecule has 0 spiro atoms. The Morgan fingerprint density at radius 3 is 3.00 bits per heavy atom. The molecule has 1 aromatic heterocycles. The Morgan fingerprint density at radius 2 is 2.50 bits per heavy atom. The van der Waals surface area contributed by atoms with E-state index in [1.165, 1.54) is 24.3 Å². The molecule has 1 fully saturated rings. The fraction of sp³-hybridized carbons (Fsp3) is 0.571. The van der Waals surface area contributed by atoms with Crippen LogP contribution in [0.25, 0.3) is 0 Å². The lowest BCUT2D eigenvalue weighted by Gasteiger charge is -1.87. The zero-order valence-electron chi connectivity index (χ0n) is 5.51. The van der Waals surface area contributed by atoms with E-state index < -0.39 is 0 Å². The summed E-state index contributed by atoms with van der Waals surface area (Å²) < 4.78 is 0.994. The van der Waals surface area contributed by atoms with Gasteiger partial charge in [-0.3, -0.25) is 0 Å². The summed E-state index contributed by atoms with van der Waals surface area (Å²) in [5.41, 5.74) is 0. The van der Waals surface area contributed by atoms with Gasteiger partial charge in [0, 0.05) is 11.8 Å². The first-order chi connectivity index (χ1) is 4.84. The maximum Gasteiger partial charge on any atom is 0.117 e. The third kappa shape index (κ3) is 1.58. The molecule has 0 atom stereocenters. The molecular weight excluding hydrogens is 210 g/mol. The van der Waals surface area contributed by atoms with Crippen molar-refractivity contribution in [3.63, 3.8) is 0 Å². The number of hydrogen-bond donors (Lipinski definition) is 0. The average Bonchev–Trinajstić information content (AvgIpc) is 2.59. The summed E-state index contributed by atoms with van der Waals surface area (Å²) in [4.78, 5) is 4.33. The van der Waals surface area contributed by atoms with Crippen molar-refractivity contribution < 1.29 is 0 Å². The van der Waals surface area contributed by atoms with Crippen LogP contribution in [-0.2, 0) is 6.42 Å². The Bertz CT molecular complexity index is 229. The normalized spacial score (nSPS) is 17.7. The molecule has 3 heteroatoms. The number of aromatic nitrogens is 1. The molecule has 0 N–H and O–H groups in total. The number of nitrogens with zero attached hydrogens (tertiary/aromatic N) is 1. The lowest BCUT2D eigenvalue weighted by molar-refractivity contribution is 0.822. The molecule has 0 aliphatic heterocycles. The molecule has 1 nitrogen and oxygen atoms in total. The van der Waals surface area contributed by atoms with Crippen LogP contribution < -0.4 is 0 Å². The highest BCUT2D eigenvalue weighted by Gasteiger charge is 2.22. The monoisotopic (exact) mass is 217 g/mol. The van der Waals surface area contributed by atoms with E-state index in [4.69, 9.17) is 0 Å². The van der Waals surface area contributed by atoms with Crippen LogP contribution in [0.2, 0.25) is 0 Å².